The van der Waals surface area contributed by atoms with Crippen LogP contribution in [-0.4, -0.2) is 24.2 Å². The summed E-state index contributed by atoms with van der Waals surface area (Å²) in [6.07, 6.45) is -0.775. The summed E-state index contributed by atoms with van der Waals surface area (Å²) in [7, 11) is -7.53. The zero-order chi connectivity index (χ0) is 22.2. The van der Waals surface area contributed by atoms with E-state index in [0.717, 1.165) is 18.2 Å². The summed E-state index contributed by atoms with van der Waals surface area (Å²) in [5.74, 6) is -1.74. The van der Waals surface area contributed by atoms with Gasteiger partial charge < -0.3 is 0 Å². The molecule has 0 spiro atoms. The van der Waals surface area contributed by atoms with Crippen molar-refractivity contribution in [1.29, 1.82) is 0 Å². The van der Waals surface area contributed by atoms with Gasteiger partial charge in [-0.15, -0.1) is 0 Å². The summed E-state index contributed by atoms with van der Waals surface area (Å²) in [5, 5.41) is 0. The molecule has 0 aliphatic heterocycles. The smallest absolute Gasteiger partial charge is 0.234 e. The fraction of sp³-hybridized carbons (Fsp3) is 0.368. The number of nitrogens with one attached hydrogen (secondary N) is 1. The maximum absolute atomic E-state index is 14.7. The second kappa shape index (κ2) is 8.35. The monoisotopic (exact) mass is 467 g/mol. The van der Waals surface area contributed by atoms with Gasteiger partial charge in [0, 0.05) is 11.6 Å². The van der Waals surface area contributed by atoms with Crippen molar-refractivity contribution in [3.63, 3.8) is 0 Å². The molecule has 1 fully saturated rings. The Balaban J connectivity index is 2.02. The van der Waals surface area contributed by atoms with Crippen molar-refractivity contribution in [2.24, 2.45) is 0 Å². The summed E-state index contributed by atoms with van der Waals surface area (Å²) in [6, 6.07) is 8.86. The molecule has 0 radical (unpaired) electrons. The molecular formula is C19H18F5NO3S2. The lowest BCUT2D eigenvalue weighted by Gasteiger charge is -2.40. The molecule has 11 heteroatoms. The van der Waals surface area contributed by atoms with Gasteiger partial charge in [0.25, 0.3) is 0 Å². The minimum absolute atomic E-state index is 0.0982. The Morgan fingerprint density at radius 3 is 2.17 bits per heavy atom. The molecule has 1 aliphatic carbocycles. The molecule has 164 valence electrons. The highest BCUT2D eigenvalue weighted by atomic mass is 32.2. The second-order valence-electron chi connectivity index (χ2n) is 7.04. The van der Waals surface area contributed by atoms with Crippen LogP contribution in [0, 0.1) is 11.6 Å². The van der Waals surface area contributed by atoms with E-state index in [1.54, 1.807) is 6.07 Å². The molecule has 0 bridgehead atoms. The van der Waals surface area contributed by atoms with Crippen LogP contribution in [0.4, 0.5) is 22.0 Å². The zero-order valence-electron chi connectivity index (χ0n) is 15.5. The Kier molecular flexibility index (Phi) is 6.35. The summed E-state index contributed by atoms with van der Waals surface area (Å²) >= 11 is 0. The maximum atomic E-state index is 14.7. The summed E-state index contributed by atoms with van der Waals surface area (Å²) < 4.78 is 105. The lowest BCUT2D eigenvalue weighted by atomic mass is 9.80. The average molecular weight is 467 g/mol. The van der Waals surface area contributed by atoms with Crippen LogP contribution < -0.4 is 4.72 Å². The van der Waals surface area contributed by atoms with Crippen molar-refractivity contribution in [1.82, 2.24) is 4.72 Å². The molecule has 4 nitrogen and oxygen atoms in total. The van der Waals surface area contributed by atoms with E-state index >= 15 is 0 Å². The first-order chi connectivity index (χ1) is 14.0. The average Bonchev–Trinajstić information content (AvgIpc) is 2.70. The SMILES string of the molecule is O=S(NC1CCC(c2cc(F)ccc2F)(S(=O)(=O)c2ccccc2)CC1)C(F)(F)F. The molecular weight excluding hydrogens is 449 g/mol. The predicted octanol–water partition coefficient (Wildman–Crippen LogP) is 4.35. The maximum Gasteiger partial charge on any atom is 0.485 e. The Labute approximate surface area is 173 Å². The first kappa shape index (κ1) is 22.8. The Morgan fingerprint density at radius 1 is 1.00 bits per heavy atom. The standard InChI is InChI=1S/C19H18F5NO3S2/c20-13-6-7-17(21)16(12-13)18(30(27,28)15-4-2-1-3-5-15)10-8-14(9-11-18)25-29(26)19(22,23)24/h1-7,12,14,25H,8-11H2. The molecule has 1 unspecified atom stereocenters. The Hall–Kier alpha value is -1.85. The lowest BCUT2D eigenvalue weighted by molar-refractivity contribution is -0.0398. The molecule has 0 aromatic heterocycles. The molecule has 0 amide bonds. The summed E-state index contributed by atoms with van der Waals surface area (Å²) in [4.78, 5) is -0.0982. The van der Waals surface area contributed by atoms with Gasteiger partial charge in [-0.25, -0.2) is 26.1 Å². The largest absolute Gasteiger partial charge is 0.485 e. The van der Waals surface area contributed by atoms with Gasteiger partial charge in [0.05, 0.1) is 4.90 Å². The first-order valence-corrected chi connectivity index (χ1v) is 11.6. The van der Waals surface area contributed by atoms with E-state index in [1.165, 1.54) is 24.3 Å². The van der Waals surface area contributed by atoms with Crippen LogP contribution >= 0.6 is 0 Å². The van der Waals surface area contributed by atoms with Crippen LogP contribution in [0.1, 0.15) is 31.2 Å². The van der Waals surface area contributed by atoms with E-state index in [0.29, 0.717) is 0 Å². The Morgan fingerprint density at radius 2 is 1.60 bits per heavy atom. The second-order valence-corrected chi connectivity index (χ2v) is 10.5. The van der Waals surface area contributed by atoms with Gasteiger partial charge in [-0.2, -0.15) is 13.2 Å². The van der Waals surface area contributed by atoms with Crippen LogP contribution in [0.15, 0.2) is 53.4 Å². The molecule has 0 saturated heterocycles. The van der Waals surface area contributed by atoms with Crippen LogP contribution in [0.2, 0.25) is 0 Å². The van der Waals surface area contributed by atoms with E-state index < -0.39 is 48.8 Å². The van der Waals surface area contributed by atoms with Crippen molar-refractivity contribution in [2.45, 2.75) is 46.9 Å². The van der Waals surface area contributed by atoms with E-state index in [2.05, 4.69) is 0 Å². The molecule has 2 aromatic carbocycles. The quantitative estimate of drug-likeness (QED) is 0.665. The fourth-order valence-corrected chi connectivity index (χ4v) is 6.63. The van der Waals surface area contributed by atoms with Crippen molar-refractivity contribution >= 4 is 20.8 Å². The molecule has 30 heavy (non-hydrogen) atoms. The van der Waals surface area contributed by atoms with E-state index in [9.17, 15) is 34.6 Å². The normalized spacial score (nSPS) is 23.8. The number of sulfone groups is 1. The lowest BCUT2D eigenvalue weighted by Crippen LogP contribution is -2.46. The summed E-state index contributed by atoms with van der Waals surface area (Å²) in [6.45, 7) is 0. The van der Waals surface area contributed by atoms with Crippen LogP contribution in [0.3, 0.4) is 0 Å². The van der Waals surface area contributed by atoms with Crippen LogP contribution in [0.25, 0.3) is 0 Å². The number of rotatable bonds is 5. The third kappa shape index (κ3) is 4.28. The van der Waals surface area contributed by atoms with Gasteiger partial charge in [0.2, 0.25) is 0 Å². The third-order valence-corrected chi connectivity index (χ3v) is 8.78. The van der Waals surface area contributed by atoms with Crippen LogP contribution in [-0.2, 0) is 25.6 Å². The Bertz CT molecular complexity index is 1030. The van der Waals surface area contributed by atoms with E-state index in [1.807, 2.05) is 4.72 Å². The summed E-state index contributed by atoms with van der Waals surface area (Å²) in [5.41, 5.74) is -5.32. The first-order valence-electron chi connectivity index (χ1n) is 8.97. The highest BCUT2D eigenvalue weighted by Crippen LogP contribution is 2.48. The van der Waals surface area contributed by atoms with Crippen molar-refractivity contribution in [3.8, 4) is 0 Å². The van der Waals surface area contributed by atoms with Gasteiger partial charge in [-0.3, -0.25) is 0 Å². The number of alkyl halides is 3. The fourth-order valence-electron chi connectivity index (χ4n) is 3.77. The van der Waals surface area contributed by atoms with Crippen molar-refractivity contribution in [2.75, 3.05) is 0 Å². The van der Waals surface area contributed by atoms with Crippen LogP contribution in [0.5, 0.6) is 0 Å². The third-order valence-electron chi connectivity index (χ3n) is 5.26. The molecule has 1 saturated carbocycles. The molecule has 0 heterocycles. The van der Waals surface area contributed by atoms with E-state index in [4.69, 9.17) is 0 Å². The van der Waals surface area contributed by atoms with Gasteiger partial charge >= 0.3 is 5.51 Å². The van der Waals surface area contributed by atoms with E-state index in [-0.39, 0.29) is 36.1 Å². The molecule has 1 atom stereocenters. The topological polar surface area (TPSA) is 63.2 Å². The molecule has 2 aromatic rings. The number of halogens is 5. The minimum atomic E-state index is -4.96. The van der Waals surface area contributed by atoms with Gasteiger partial charge in [-0.1, -0.05) is 18.2 Å². The molecule has 1 aliphatic rings. The number of hydrogen-bond acceptors (Lipinski definition) is 3. The minimum Gasteiger partial charge on any atom is -0.234 e. The number of benzene rings is 2. The highest BCUT2D eigenvalue weighted by molar-refractivity contribution is 7.92. The predicted molar refractivity (Wildman–Crippen MR) is 101 cm³/mol. The van der Waals surface area contributed by atoms with Gasteiger partial charge in [0.15, 0.2) is 20.8 Å². The zero-order valence-corrected chi connectivity index (χ0v) is 17.1. The van der Waals surface area contributed by atoms with Gasteiger partial charge in [0.1, 0.15) is 16.4 Å². The van der Waals surface area contributed by atoms with Crippen molar-refractivity contribution < 1.29 is 34.6 Å². The number of hydrogen-bond donors (Lipinski definition) is 1. The van der Waals surface area contributed by atoms with Crippen molar-refractivity contribution in [3.05, 3.63) is 65.7 Å². The molecule has 1 N–H and O–H groups in total. The molecule has 3 rings (SSSR count). The van der Waals surface area contributed by atoms with Gasteiger partial charge in [-0.05, 0) is 56.0 Å². The highest BCUT2D eigenvalue weighted by Gasteiger charge is 2.50.